The first kappa shape index (κ1) is 19.1. The maximum Gasteiger partial charge on any atom is 0.317 e. The Balaban J connectivity index is 2.07. The summed E-state index contributed by atoms with van der Waals surface area (Å²) in [5, 5.41) is 2.85. The highest BCUT2D eigenvalue weighted by molar-refractivity contribution is 7.98. The van der Waals surface area contributed by atoms with Crippen molar-refractivity contribution in [3.05, 3.63) is 24.3 Å². The Bertz CT molecular complexity index is 660. The number of sulfonamides is 1. The van der Waals surface area contributed by atoms with Gasteiger partial charge in [-0.3, -0.25) is 0 Å². The zero-order chi connectivity index (χ0) is 17.7. The van der Waals surface area contributed by atoms with E-state index in [2.05, 4.69) is 5.32 Å². The van der Waals surface area contributed by atoms with Gasteiger partial charge in [0.25, 0.3) is 0 Å². The van der Waals surface area contributed by atoms with Crippen molar-refractivity contribution in [3.63, 3.8) is 0 Å². The Morgan fingerprint density at radius 2 is 1.79 bits per heavy atom. The molecule has 0 unspecified atom stereocenters. The van der Waals surface area contributed by atoms with E-state index in [0.29, 0.717) is 37.5 Å². The van der Waals surface area contributed by atoms with E-state index in [9.17, 15) is 13.2 Å². The zero-order valence-electron chi connectivity index (χ0n) is 14.4. The van der Waals surface area contributed by atoms with Gasteiger partial charge in [0.1, 0.15) is 0 Å². The number of thioether (sulfide) groups is 1. The molecule has 1 fully saturated rings. The summed E-state index contributed by atoms with van der Waals surface area (Å²) in [4.78, 5) is 15.1. The van der Waals surface area contributed by atoms with E-state index < -0.39 is 10.0 Å². The molecule has 0 saturated carbocycles. The number of hydrogen-bond donors (Lipinski definition) is 1. The van der Waals surface area contributed by atoms with Crippen molar-refractivity contribution in [2.75, 3.05) is 32.4 Å². The molecule has 8 heteroatoms. The molecule has 1 aliphatic heterocycles. The first-order valence-corrected chi connectivity index (χ1v) is 10.7. The average Bonchev–Trinajstić information content (AvgIpc) is 2.81. The van der Waals surface area contributed by atoms with E-state index in [1.54, 1.807) is 28.8 Å². The number of carbonyl (C=O) groups excluding carboxylic acids is 1. The predicted molar refractivity (Wildman–Crippen MR) is 96.8 cm³/mol. The van der Waals surface area contributed by atoms with E-state index >= 15 is 0 Å². The van der Waals surface area contributed by atoms with Crippen LogP contribution in [0.15, 0.2) is 34.1 Å². The van der Waals surface area contributed by atoms with Crippen LogP contribution in [0, 0.1) is 0 Å². The molecule has 24 heavy (non-hydrogen) atoms. The quantitative estimate of drug-likeness (QED) is 0.824. The Kier molecular flexibility index (Phi) is 6.54. The summed E-state index contributed by atoms with van der Waals surface area (Å²) in [6, 6.07) is 6.87. The SMILES string of the molecule is CSc1ccc(S(=O)(=O)N2CCCN(C(=O)NC(C)C)CC2)cc1. The van der Waals surface area contributed by atoms with Gasteiger partial charge in [-0.05, 0) is 50.8 Å². The molecule has 2 rings (SSSR count). The third-order valence-corrected chi connectivity index (χ3v) is 6.51. The maximum absolute atomic E-state index is 12.8. The van der Waals surface area contributed by atoms with E-state index in [1.807, 2.05) is 32.2 Å². The van der Waals surface area contributed by atoms with Crippen molar-refractivity contribution < 1.29 is 13.2 Å². The van der Waals surface area contributed by atoms with Crippen LogP contribution < -0.4 is 5.32 Å². The van der Waals surface area contributed by atoms with Crippen LogP contribution in [0.2, 0.25) is 0 Å². The highest BCUT2D eigenvalue weighted by Crippen LogP contribution is 2.21. The summed E-state index contributed by atoms with van der Waals surface area (Å²) in [6.07, 6.45) is 2.59. The van der Waals surface area contributed by atoms with Crippen molar-refractivity contribution in [3.8, 4) is 0 Å². The molecule has 6 nitrogen and oxygen atoms in total. The summed E-state index contributed by atoms with van der Waals surface area (Å²) in [5.41, 5.74) is 0. The lowest BCUT2D eigenvalue weighted by atomic mass is 10.4. The predicted octanol–water partition coefficient (Wildman–Crippen LogP) is 2.22. The fourth-order valence-corrected chi connectivity index (χ4v) is 4.45. The number of rotatable bonds is 4. The lowest BCUT2D eigenvalue weighted by Crippen LogP contribution is -2.44. The monoisotopic (exact) mass is 371 g/mol. The molecule has 1 aromatic rings. The Labute approximate surface area is 148 Å². The summed E-state index contributed by atoms with van der Waals surface area (Å²) in [5.74, 6) is 0. The van der Waals surface area contributed by atoms with Crippen LogP contribution in [0.5, 0.6) is 0 Å². The summed E-state index contributed by atoms with van der Waals surface area (Å²) < 4.78 is 27.1. The molecular formula is C16H25N3O3S2. The molecular weight excluding hydrogens is 346 g/mol. The standard InChI is InChI=1S/C16H25N3O3S2/c1-13(2)17-16(20)18-9-4-10-19(12-11-18)24(21,22)15-7-5-14(23-3)6-8-15/h5-8,13H,4,9-12H2,1-3H3,(H,17,20). The van der Waals surface area contributed by atoms with Crippen LogP contribution in [0.1, 0.15) is 20.3 Å². The van der Waals surface area contributed by atoms with Crippen molar-refractivity contribution in [2.45, 2.75) is 36.1 Å². The Morgan fingerprint density at radius 1 is 1.12 bits per heavy atom. The van der Waals surface area contributed by atoms with Gasteiger partial charge in [-0.1, -0.05) is 0 Å². The lowest BCUT2D eigenvalue weighted by molar-refractivity contribution is 0.198. The first-order valence-electron chi connectivity index (χ1n) is 8.04. The molecule has 134 valence electrons. The molecule has 0 spiro atoms. The molecule has 0 radical (unpaired) electrons. The lowest BCUT2D eigenvalue weighted by Gasteiger charge is -2.23. The van der Waals surface area contributed by atoms with Gasteiger partial charge in [-0.25, -0.2) is 13.2 Å². The highest BCUT2D eigenvalue weighted by Gasteiger charge is 2.28. The summed E-state index contributed by atoms with van der Waals surface area (Å²) >= 11 is 1.58. The summed E-state index contributed by atoms with van der Waals surface area (Å²) in [7, 11) is -3.52. The molecule has 0 atom stereocenters. The van der Waals surface area contributed by atoms with Crippen molar-refractivity contribution in [2.24, 2.45) is 0 Å². The molecule has 1 N–H and O–H groups in total. The van der Waals surface area contributed by atoms with Gasteiger partial charge in [-0.15, -0.1) is 11.8 Å². The normalized spacial score (nSPS) is 16.9. The smallest absolute Gasteiger partial charge is 0.317 e. The van der Waals surface area contributed by atoms with Gasteiger partial charge in [0.15, 0.2) is 0 Å². The van der Waals surface area contributed by atoms with E-state index in [4.69, 9.17) is 0 Å². The second-order valence-corrected chi connectivity index (χ2v) is 8.84. The third kappa shape index (κ3) is 4.64. The van der Waals surface area contributed by atoms with Gasteiger partial charge in [0.05, 0.1) is 4.90 Å². The molecule has 0 aliphatic carbocycles. The van der Waals surface area contributed by atoms with Crippen molar-refractivity contribution in [1.82, 2.24) is 14.5 Å². The van der Waals surface area contributed by atoms with Crippen LogP contribution in [0.25, 0.3) is 0 Å². The largest absolute Gasteiger partial charge is 0.336 e. The van der Waals surface area contributed by atoms with E-state index in [1.165, 1.54) is 4.31 Å². The van der Waals surface area contributed by atoms with Crippen LogP contribution in [0.4, 0.5) is 4.79 Å². The molecule has 0 bridgehead atoms. The van der Waals surface area contributed by atoms with E-state index in [-0.39, 0.29) is 12.1 Å². The number of nitrogens with one attached hydrogen (secondary N) is 1. The van der Waals surface area contributed by atoms with Crippen molar-refractivity contribution >= 4 is 27.8 Å². The number of hydrogen-bond acceptors (Lipinski definition) is 4. The van der Waals surface area contributed by atoms with Crippen LogP contribution in [-0.4, -0.2) is 62.1 Å². The topological polar surface area (TPSA) is 69.7 Å². The highest BCUT2D eigenvalue weighted by atomic mass is 32.2. The maximum atomic E-state index is 12.8. The Hall–Kier alpha value is -1.25. The Morgan fingerprint density at radius 3 is 2.38 bits per heavy atom. The molecule has 1 aliphatic rings. The second kappa shape index (κ2) is 8.22. The molecule has 0 aromatic heterocycles. The van der Waals surface area contributed by atoms with Gasteiger partial charge >= 0.3 is 6.03 Å². The number of amides is 2. The molecule has 1 aromatic carbocycles. The third-order valence-electron chi connectivity index (χ3n) is 3.85. The molecule has 2 amide bonds. The number of benzene rings is 1. The van der Waals surface area contributed by atoms with Gasteiger partial charge in [0, 0.05) is 37.1 Å². The first-order chi connectivity index (χ1) is 11.3. The van der Waals surface area contributed by atoms with Gasteiger partial charge in [0.2, 0.25) is 10.0 Å². The minimum atomic E-state index is -3.52. The van der Waals surface area contributed by atoms with Crippen LogP contribution in [-0.2, 0) is 10.0 Å². The van der Waals surface area contributed by atoms with Crippen LogP contribution in [0.3, 0.4) is 0 Å². The van der Waals surface area contributed by atoms with Gasteiger partial charge < -0.3 is 10.2 Å². The van der Waals surface area contributed by atoms with Crippen molar-refractivity contribution in [1.29, 1.82) is 0 Å². The second-order valence-electron chi connectivity index (χ2n) is 6.02. The number of urea groups is 1. The average molecular weight is 372 g/mol. The summed E-state index contributed by atoms with van der Waals surface area (Å²) in [6.45, 7) is 5.53. The minimum Gasteiger partial charge on any atom is -0.336 e. The fraction of sp³-hybridized carbons (Fsp3) is 0.562. The molecule has 1 saturated heterocycles. The minimum absolute atomic E-state index is 0.0653. The number of nitrogens with zero attached hydrogens (tertiary/aromatic N) is 2. The zero-order valence-corrected chi connectivity index (χ0v) is 16.0. The molecule has 1 heterocycles. The van der Waals surface area contributed by atoms with E-state index in [0.717, 1.165) is 4.90 Å². The fourth-order valence-electron chi connectivity index (χ4n) is 2.57. The van der Waals surface area contributed by atoms with Gasteiger partial charge in [-0.2, -0.15) is 4.31 Å². The number of carbonyl (C=O) groups is 1. The van der Waals surface area contributed by atoms with Crippen LogP contribution >= 0.6 is 11.8 Å².